The van der Waals surface area contributed by atoms with E-state index in [0.29, 0.717) is 19.3 Å². The topological polar surface area (TPSA) is 231 Å². The summed E-state index contributed by atoms with van der Waals surface area (Å²) in [4.78, 5) is 25.8. The van der Waals surface area contributed by atoms with E-state index in [9.17, 15) is 45.3 Å². The number of carbonyl (C=O) groups is 2. The summed E-state index contributed by atoms with van der Waals surface area (Å²) in [6.45, 7) is 2.58. The van der Waals surface area contributed by atoms with Crippen molar-refractivity contribution in [2.45, 2.75) is 293 Å². The third kappa shape index (κ3) is 30.8. The van der Waals surface area contributed by atoms with Gasteiger partial charge in [-0.3, -0.25) is 9.59 Å². The van der Waals surface area contributed by atoms with Gasteiger partial charge in [-0.15, -0.1) is 0 Å². The molecule has 2 rings (SSSR count). The van der Waals surface area contributed by atoms with E-state index in [2.05, 4.69) is 38.2 Å². The Morgan fingerprint density at radius 1 is 0.437 bits per heavy atom. The molecule has 2 aliphatic rings. The Labute approximate surface area is 428 Å². The minimum atomic E-state index is -1.77. The first-order valence-electron chi connectivity index (χ1n) is 28.4. The molecule has 2 aliphatic heterocycles. The van der Waals surface area contributed by atoms with E-state index in [1.165, 1.54) is 141 Å². The summed E-state index contributed by atoms with van der Waals surface area (Å²) >= 11 is 0. The fourth-order valence-corrected chi connectivity index (χ4v) is 9.00. The quantitative estimate of drug-likeness (QED) is 0.0171. The average Bonchev–Trinajstić information content (AvgIpc) is 3.36. The molecule has 0 amide bonds. The van der Waals surface area contributed by atoms with Crippen molar-refractivity contribution in [3.63, 3.8) is 0 Å². The number of unbranched alkanes of at least 4 members (excludes halogenated alkanes) is 27. The Morgan fingerprint density at radius 2 is 0.831 bits per heavy atom. The van der Waals surface area contributed by atoms with Gasteiger partial charge < -0.3 is 64.2 Å². The van der Waals surface area contributed by atoms with Crippen molar-refractivity contribution in [3.8, 4) is 0 Å². The Bertz CT molecular complexity index is 1330. The summed E-state index contributed by atoms with van der Waals surface area (Å²) in [5.41, 5.74) is 0. The average molecular weight is 1020 g/mol. The molecule has 11 atom stereocenters. The summed E-state index contributed by atoms with van der Waals surface area (Å²) < 4.78 is 33.6. The van der Waals surface area contributed by atoms with E-state index >= 15 is 0 Å². The number of aliphatic hydroxyl groups is 7. The van der Waals surface area contributed by atoms with E-state index in [-0.39, 0.29) is 19.4 Å². The molecule has 15 heteroatoms. The molecule has 0 saturated carbocycles. The van der Waals surface area contributed by atoms with Crippen LogP contribution in [0.3, 0.4) is 0 Å². The van der Waals surface area contributed by atoms with E-state index in [4.69, 9.17) is 28.4 Å². The second-order valence-corrected chi connectivity index (χ2v) is 20.1. The second kappa shape index (κ2) is 43.2. The molecule has 15 nitrogen and oxygen atoms in total. The molecule has 0 bridgehead atoms. The number of aliphatic hydroxyl groups excluding tert-OH is 7. The Morgan fingerprint density at radius 3 is 1.32 bits per heavy atom. The molecule has 2 fully saturated rings. The van der Waals surface area contributed by atoms with Crippen LogP contribution in [0.1, 0.15) is 226 Å². The Kier molecular flexibility index (Phi) is 39.6. The van der Waals surface area contributed by atoms with Gasteiger partial charge in [0.1, 0.15) is 55.4 Å². The summed E-state index contributed by atoms with van der Waals surface area (Å²) in [5.74, 6) is -0.965. The maximum Gasteiger partial charge on any atom is 0.306 e. The van der Waals surface area contributed by atoms with Crippen LogP contribution in [0.2, 0.25) is 0 Å². The zero-order valence-electron chi connectivity index (χ0n) is 44.2. The van der Waals surface area contributed by atoms with Crippen LogP contribution in [0.5, 0.6) is 0 Å². The predicted octanol–water partition coefficient (Wildman–Crippen LogP) is 9.11. The van der Waals surface area contributed by atoms with Crippen molar-refractivity contribution in [3.05, 3.63) is 24.3 Å². The van der Waals surface area contributed by atoms with E-state index in [1.807, 2.05) is 0 Å². The lowest BCUT2D eigenvalue weighted by Crippen LogP contribution is -2.61. The maximum absolute atomic E-state index is 13.0. The highest BCUT2D eigenvalue weighted by molar-refractivity contribution is 5.70. The van der Waals surface area contributed by atoms with Gasteiger partial charge in [0.2, 0.25) is 0 Å². The van der Waals surface area contributed by atoms with Crippen LogP contribution >= 0.6 is 0 Å². The Balaban J connectivity index is 1.76. The van der Waals surface area contributed by atoms with Crippen LogP contribution in [0.15, 0.2) is 24.3 Å². The standard InChI is InChI=1S/C56H102O15/c1-3-5-7-9-11-13-15-17-18-19-20-21-22-23-24-25-26-27-29-31-33-35-37-39-48(59)69-44(41-66-47(58)38-36-34-32-30-28-16-14-12-10-8-6-4-2)42-67-55-54(65)52(63)50(61)46(71-55)43-68-56-53(64)51(62)49(60)45(40-57)70-56/h25-26,31,33,44-46,49-57,60-65H,3-24,27-30,32,34-43H2,1-2H3/b26-25+,33-31+/t44-,45+,46+,49-,50-,51?,52?,53?,54?,55+,56+/m1/s1. The first-order valence-corrected chi connectivity index (χ1v) is 28.4. The van der Waals surface area contributed by atoms with Crippen molar-refractivity contribution in [2.75, 3.05) is 26.4 Å². The lowest BCUT2D eigenvalue weighted by atomic mass is 9.98. The van der Waals surface area contributed by atoms with Gasteiger partial charge in [0.25, 0.3) is 0 Å². The van der Waals surface area contributed by atoms with Crippen molar-refractivity contribution < 1.29 is 73.8 Å². The van der Waals surface area contributed by atoms with Gasteiger partial charge >= 0.3 is 11.9 Å². The van der Waals surface area contributed by atoms with Gasteiger partial charge in [-0.25, -0.2) is 0 Å². The molecule has 2 heterocycles. The van der Waals surface area contributed by atoms with Crippen LogP contribution in [-0.4, -0.2) is 142 Å². The molecular formula is C56H102O15. The number of hydrogen-bond donors (Lipinski definition) is 7. The third-order valence-corrected chi connectivity index (χ3v) is 13.7. The van der Waals surface area contributed by atoms with Crippen LogP contribution in [-0.2, 0) is 38.0 Å². The lowest BCUT2D eigenvalue weighted by molar-refractivity contribution is -0.332. The fourth-order valence-electron chi connectivity index (χ4n) is 9.00. The highest BCUT2D eigenvalue weighted by Crippen LogP contribution is 2.27. The summed E-state index contributed by atoms with van der Waals surface area (Å²) in [6.07, 6.45) is 29.4. The largest absolute Gasteiger partial charge is 0.462 e. The molecular weight excluding hydrogens is 913 g/mol. The molecule has 0 aromatic carbocycles. The van der Waals surface area contributed by atoms with Crippen molar-refractivity contribution in [1.82, 2.24) is 0 Å². The van der Waals surface area contributed by atoms with E-state index in [1.54, 1.807) is 0 Å². The monoisotopic (exact) mass is 1010 g/mol. The van der Waals surface area contributed by atoms with Crippen LogP contribution in [0, 0.1) is 0 Å². The molecule has 71 heavy (non-hydrogen) atoms. The predicted molar refractivity (Wildman–Crippen MR) is 275 cm³/mol. The molecule has 0 aromatic heterocycles. The summed E-state index contributed by atoms with van der Waals surface area (Å²) in [7, 11) is 0. The molecule has 2 saturated heterocycles. The van der Waals surface area contributed by atoms with Crippen LogP contribution in [0.4, 0.5) is 0 Å². The van der Waals surface area contributed by atoms with E-state index < -0.39 is 99.3 Å². The summed E-state index contributed by atoms with van der Waals surface area (Å²) in [6, 6.07) is 0. The SMILES string of the molecule is CCCCCCCCCCCCCCCC/C=C/CC/C=C/CCCC(=O)O[C@H](COC(=O)CCCCCCCCCCCCCC)CO[C@H]1O[C@@H](CO[C@H]2O[C@@H](CO)[C@@H](O)C(O)C2O)[C@@H](O)C(O)C1O. The first-order chi connectivity index (χ1) is 34.5. The first kappa shape index (κ1) is 65.1. The maximum atomic E-state index is 13.0. The van der Waals surface area contributed by atoms with E-state index in [0.717, 1.165) is 38.5 Å². The van der Waals surface area contributed by atoms with Gasteiger partial charge in [-0.2, -0.15) is 0 Å². The molecule has 0 aromatic rings. The highest BCUT2D eigenvalue weighted by atomic mass is 16.7. The van der Waals surface area contributed by atoms with Crippen LogP contribution in [0.25, 0.3) is 0 Å². The fraction of sp³-hybridized carbons (Fsp3) is 0.893. The molecule has 0 spiro atoms. The number of hydrogen-bond acceptors (Lipinski definition) is 15. The van der Waals surface area contributed by atoms with Crippen molar-refractivity contribution in [2.24, 2.45) is 0 Å². The summed E-state index contributed by atoms with van der Waals surface area (Å²) in [5, 5.41) is 72.2. The second-order valence-electron chi connectivity index (χ2n) is 20.1. The van der Waals surface area contributed by atoms with Gasteiger partial charge in [0.15, 0.2) is 18.7 Å². The lowest BCUT2D eigenvalue weighted by Gasteiger charge is -2.42. The minimum absolute atomic E-state index is 0.109. The van der Waals surface area contributed by atoms with Gasteiger partial charge in [0, 0.05) is 12.8 Å². The molecule has 0 aliphatic carbocycles. The van der Waals surface area contributed by atoms with Crippen molar-refractivity contribution in [1.29, 1.82) is 0 Å². The third-order valence-electron chi connectivity index (χ3n) is 13.7. The van der Waals surface area contributed by atoms with Gasteiger partial charge in [-0.1, -0.05) is 192 Å². The van der Waals surface area contributed by atoms with Gasteiger partial charge in [0.05, 0.1) is 19.8 Å². The number of carbonyl (C=O) groups excluding carboxylic acids is 2. The van der Waals surface area contributed by atoms with Crippen LogP contribution < -0.4 is 0 Å². The number of rotatable bonds is 45. The zero-order valence-corrected chi connectivity index (χ0v) is 44.2. The zero-order chi connectivity index (χ0) is 51.7. The normalized spacial score (nSPS) is 25.3. The molecule has 0 radical (unpaired) electrons. The number of esters is 2. The minimum Gasteiger partial charge on any atom is -0.462 e. The molecule has 7 N–H and O–H groups in total. The number of ether oxygens (including phenoxy) is 6. The number of allylic oxidation sites excluding steroid dienone is 4. The Hall–Kier alpha value is -2.02. The van der Waals surface area contributed by atoms with Crippen molar-refractivity contribution >= 4 is 11.9 Å². The smallest absolute Gasteiger partial charge is 0.306 e. The molecule has 416 valence electrons. The van der Waals surface area contributed by atoms with Gasteiger partial charge in [-0.05, 0) is 44.9 Å². The highest BCUT2D eigenvalue weighted by Gasteiger charge is 2.47. The molecule has 4 unspecified atom stereocenters.